The number of carboxylic acid groups (broad SMARTS) is 1. The third-order valence-corrected chi connectivity index (χ3v) is 4.91. The number of hydrogen-bond donors (Lipinski definition) is 3. The molecule has 2 aromatic heterocycles. The molecule has 0 aliphatic carbocycles. The first kappa shape index (κ1) is 19.6. The first-order chi connectivity index (χ1) is 12.4. The SMILES string of the molecule is COC(=O)c1ccsc1NC(=O)c1ccsc1NC(=O)CCCC(=O)O. The monoisotopic (exact) mass is 396 g/mol. The first-order valence-corrected chi connectivity index (χ1v) is 9.24. The Labute approximate surface area is 156 Å². The predicted molar refractivity (Wildman–Crippen MR) is 98.0 cm³/mol. The van der Waals surface area contributed by atoms with Crippen LogP contribution in [0.4, 0.5) is 10.0 Å². The van der Waals surface area contributed by atoms with Crippen molar-refractivity contribution in [3.8, 4) is 0 Å². The maximum Gasteiger partial charge on any atom is 0.340 e. The van der Waals surface area contributed by atoms with E-state index in [-0.39, 0.29) is 36.3 Å². The Morgan fingerprint density at radius 2 is 1.62 bits per heavy atom. The maximum atomic E-state index is 12.5. The number of carboxylic acids is 1. The molecule has 8 nitrogen and oxygen atoms in total. The molecule has 10 heteroatoms. The molecule has 2 heterocycles. The summed E-state index contributed by atoms with van der Waals surface area (Å²) in [5.41, 5.74) is 0.506. The lowest BCUT2D eigenvalue weighted by Crippen LogP contribution is -2.17. The van der Waals surface area contributed by atoms with Gasteiger partial charge in [0.2, 0.25) is 5.91 Å². The van der Waals surface area contributed by atoms with Gasteiger partial charge in [-0.15, -0.1) is 22.7 Å². The Morgan fingerprint density at radius 3 is 2.23 bits per heavy atom. The summed E-state index contributed by atoms with van der Waals surface area (Å²) >= 11 is 2.36. The van der Waals surface area contributed by atoms with Crippen LogP contribution in [0.1, 0.15) is 40.0 Å². The van der Waals surface area contributed by atoms with Crippen molar-refractivity contribution in [2.75, 3.05) is 17.7 Å². The number of thiophene rings is 2. The van der Waals surface area contributed by atoms with E-state index in [2.05, 4.69) is 15.4 Å². The second-order valence-electron chi connectivity index (χ2n) is 5.07. The van der Waals surface area contributed by atoms with Crippen LogP contribution in [-0.4, -0.2) is 36.0 Å². The van der Waals surface area contributed by atoms with E-state index < -0.39 is 17.8 Å². The van der Waals surface area contributed by atoms with Gasteiger partial charge in [0.25, 0.3) is 5.91 Å². The summed E-state index contributed by atoms with van der Waals surface area (Å²) in [5, 5.41) is 17.9. The molecule has 26 heavy (non-hydrogen) atoms. The van der Waals surface area contributed by atoms with Crippen molar-refractivity contribution in [3.63, 3.8) is 0 Å². The number of hydrogen-bond acceptors (Lipinski definition) is 7. The highest BCUT2D eigenvalue weighted by molar-refractivity contribution is 7.15. The summed E-state index contributed by atoms with van der Waals surface area (Å²) in [7, 11) is 1.25. The number of carbonyl (C=O) groups is 4. The third kappa shape index (κ3) is 5.14. The molecule has 0 fully saturated rings. The normalized spacial score (nSPS) is 10.2. The molecule has 0 aromatic carbocycles. The molecule has 2 amide bonds. The number of nitrogens with one attached hydrogen (secondary N) is 2. The van der Waals surface area contributed by atoms with Gasteiger partial charge < -0.3 is 20.5 Å². The van der Waals surface area contributed by atoms with Crippen molar-refractivity contribution >= 4 is 56.4 Å². The summed E-state index contributed by atoms with van der Waals surface area (Å²) in [5.74, 6) is -2.36. The summed E-state index contributed by atoms with van der Waals surface area (Å²) < 4.78 is 4.66. The Balaban J connectivity index is 2.02. The lowest BCUT2D eigenvalue weighted by atomic mass is 10.2. The standard InChI is InChI=1S/C16H16N2O6S2/c1-24-16(23)10-6-8-26-15(10)18-13(22)9-5-7-25-14(9)17-11(19)3-2-4-12(20)21/h5-8H,2-4H2,1H3,(H,17,19)(H,18,22)(H,20,21). The van der Waals surface area contributed by atoms with Gasteiger partial charge in [0, 0.05) is 12.8 Å². The fourth-order valence-electron chi connectivity index (χ4n) is 2.02. The second kappa shape index (κ2) is 9.11. The van der Waals surface area contributed by atoms with Gasteiger partial charge in [-0.05, 0) is 29.3 Å². The zero-order valence-electron chi connectivity index (χ0n) is 13.7. The highest BCUT2D eigenvalue weighted by atomic mass is 32.1. The fourth-order valence-corrected chi connectivity index (χ4v) is 3.59. The number of aliphatic carboxylic acids is 1. The van der Waals surface area contributed by atoms with Gasteiger partial charge in [-0.25, -0.2) is 4.79 Å². The van der Waals surface area contributed by atoms with E-state index in [0.717, 1.165) is 0 Å². The topological polar surface area (TPSA) is 122 Å². The number of amides is 2. The van der Waals surface area contributed by atoms with Crippen LogP contribution >= 0.6 is 22.7 Å². The Kier molecular flexibility index (Phi) is 6.87. The summed E-state index contributed by atoms with van der Waals surface area (Å²) in [6.45, 7) is 0. The molecule has 0 bridgehead atoms. The van der Waals surface area contributed by atoms with Crippen LogP contribution in [0.2, 0.25) is 0 Å². The molecule has 0 radical (unpaired) electrons. The van der Waals surface area contributed by atoms with E-state index in [0.29, 0.717) is 10.0 Å². The quantitative estimate of drug-likeness (QED) is 0.590. The minimum absolute atomic E-state index is 0.0443. The molecule has 0 atom stereocenters. The number of methoxy groups -OCH3 is 1. The van der Waals surface area contributed by atoms with Crippen molar-refractivity contribution in [1.82, 2.24) is 0 Å². The van der Waals surface area contributed by atoms with Gasteiger partial charge in [-0.2, -0.15) is 0 Å². The average molecular weight is 396 g/mol. The maximum absolute atomic E-state index is 12.5. The van der Waals surface area contributed by atoms with Crippen LogP contribution in [-0.2, 0) is 14.3 Å². The van der Waals surface area contributed by atoms with Crippen LogP contribution < -0.4 is 10.6 Å². The van der Waals surface area contributed by atoms with E-state index in [1.807, 2.05) is 0 Å². The molecule has 0 spiro atoms. The molecule has 0 unspecified atom stereocenters. The molecule has 0 saturated carbocycles. The fraction of sp³-hybridized carbons (Fsp3) is 0.250. The highest BCUT2D eigenvalue weighted by Gasteiger charge is 2.19. The Morgan fingerprint density at radius 1 is 1.00 bits per heavy atom. The van der Waals surface area contributed by atoms with Gasteiger partial charge >= 0.3 is 11.9 Å². The molecule has 2 aromatic rings. The molecular formula is C16H16N2O6S2. The zero-order valence-corrected chi connectivity index (χ0v) is 15.4. The molecule has 0 aliphatic heterocycles. The molecule has 3 N–H and O–H groups in total. The van der Waals surface area contributed by atoms with E-state index in [9.17, 15) is 19.2 Å². The van der Waals surface area contributed by atoms with E-state index >= 15 is 0 Å². The van der Waals surface area contributed by atoms with Crippen LogP contribution in [0.25, 0.3) is 0 Å². The molecule has 0 aliphatic rings. The Hall–Kier alpha value is -2.72. The van der Waals surface area contributed by atoms with Crippen LogP contribution in [0, 0.1) is 0 Å². The van der Waals surface area contributed by atoms with Gasteiger partial charge in [0.15, 0.2) is 0 Å². The first-order valence-electron chi connectivity index (χ1n) is 7.48. The summed E-state index contributed by atoms with van der Waals surface area (Å²) in [6, 6.07) is 3.10. The highest BCUT2D eigenvalue weighted by Crippen LogP contribution is 2.28. The van der Waals surface area contributed by atoms with Gasteiger partial charge in [-0.3, -0.25) is 14.4 Å². The predicted octanol–water partition coefficient (Wildman–Crippen LogP) is 3.04. The number of rotatable bonds is 8. The van der Waals surface area contributed by atoms with E-state index in [1.165, 1.54) is 29.8 Å². The van der Waals surface area contributed by atoms with Crippen molar-refractivity contribution < 1.29 is 29.0 Å². The van der Waals surface area contributed by atoms with Crippen LogP contribution in [0.5, 0.6) is 0 Å². The van der Waals surface area contributed by atoms with Crippen molar-refractivity contribution in [2.24, 2.45) is 0 Å². The smallest absolute Gasteiger partial charge is 0.340 e. The summed E-state index contributed by atoms with van der Waals surface area (Å²) in [4.78, 5) is 46.5. The molecule has 0 saturated heterocycles. The molecule has 2 rings (SSSR count). The van der Waals surface area contributed by atoms with Crippen LogP contribution in [0.15, 0.2) is 22.9 Å². The van der Waals surface area contributed by atoms with Crippen LogP contribution in [0.3, 0.4) is 0 Å². The Bertz CT molecular complexity index is 826. The number of ether oxygens (including phenoxy) is 1. The van der Waals surface area contributed by atoms with E-state index in [1.54, 1.807) is 22.9 Å². The van der Waals surface area contributed by atoms with Crippen molar-refractivity contribution in [1.29, 1.82) is 0 Å². The van der Waals surface area contributed by atoms with Crippen molar-refractivity contribution in [2.45, 2.75) is 19.3 Å². The molecular weight excluding hydrogens is 380 g/mol. The summed E-state index contributed by atoms with van der Waals surface area (Å²) in [6.07, 6.45) is 0.161. The minimum Gasteiger partial charge on any atom is -0.481 e. The lowest BCUT2D eigenvalue weighted by Gasteiger charge is -2.07. The zero-order chi connectivity index (χ0) is 19.1. The number of esters is 1. The average Bonchev–Trinajstić information content (AvgIpc) is 3.23. The minimum atomic E-state index is -0.966. The number of anilines is 2. The number of carbonyl (C=O) groups excluding carboxylic acids is 3. The lowest BCUT2D eigenvalue weighted by molar-refractivity contribution is -0.137. The van der Waals surface area contributed by atoms with Crippen molar-refractivity contribution in [3.05, 3.63) is 34.0 Å². The second-order valence-corrected chi connectivity index (χ2v) is 6.90. The molecule has 138 valence electrons. The largest absolute Gasteiger partial charge is 0.481 e. The van der Waals surface area contributed by atoms with Gasteiger partial charge in [-0.1, -0.05) is 0 Å². The third-order valence-electron chi connectivity index (χ3n) is 3.25. The van der Waals surface area contributed by atoms with Gasteiger partial charge in [0.1, 0.15) is 10.0 Å². The van der Waals surface area contributed by atoms with E-state index in [4.69, 9.17) is 5.11 Å². The van der Waals surface area contributed by atoms with Gasteiger partial charge in [0.05, 0.1) is 18.2 Å².